The van der Waals surface area contributed by atoms with Crippen LogP contribution >= 0.6 is 0 Å². The van der Waals surface area contributed by atoms with Gasteiger partial charge in [0.05, 0.1) is 0 Å². The number of carbonyl (C=O) groups is 2. The molecule has 0 bridgehead atoms. The largest absolute Gasteiger partial charge is 0.454 e. The first-order valence-corrected chi connectivity index (χ1v) is 8.28. The van der Waals surface area contributed by atoms with Crippen LogP contribution in [0.25, 0.3) is 0 Å². The molecule has 1 N–H and O–H groups in total. The Labute approximate surface area is 145 Å². The van der Waals surface area contributed by atoms with Gasteiger partial charge in [-0.2, -0.15) is 0 Å². The third-order valence-electron chi connectivity index (χ3n) is 4.38. The Hall–Kier alpha value is -3.02. The molecule has 6 heteroatoms. The van der Waals surface area contributed by atoms with Crippen molar-refractivity contribution in [3.05, 3.63) is 48.0 Å². The van der Waals surface area contributed by atoms with Crippen LogP contribution in [0.1, 0.15) is 18.4 Å². The highest BCUT2D eigenvalue weighted by Gasteiger charge is 2.24. The number of carbonyl (C=O) groups excluding carboxylic acids is 2. The molecule has 2 amide bonds. The summed E-state index contributed by atoms with van der Waals surface area (Å²) in [5, 5.41) is 2.74. The van der Waals surface area contributed by atoms with Crippen LogP contribution in [0, 0.1) is 0 Å². The predicted octanol–water partition coefficient (Wildman–Crippen LogP) is 2.72. The minimum Gasteiger partial charge on any atom is -0.454 e. The number of rotatable bonds is 3. The molecular formula is C19H18N2O4. The van der Waals surface area contributed by atoms with Gasteiger partial charge in [0, 0.05) is 24.0 Å². The molecule has 25 heavy (non-hydrogen) atoms. The van der Waals surface area contributed by atoms with E-state index in [4.69, 9.17) is 9.47 Å². The van der Waals surface area contributed by atoms with Crippen molar-refractivity contribution in [2.75, 3.05) is 23.6 Å². The second-order valence-electron chi connectivity index (χ2n) is 6.07. The predicted molar refractivity (Wildman–Crippen MR) is 92.9 cm³/mol. The van der Waals surface area contributed by atoms with Crippen LogP contribution in [0.15, 0.2) is 42.5 Å². The van der Waals surface area contributed by atoms with E-state index in [0.717, 1.165) is 24.1 Å². The van der Waals surface area contributed by atoms with Gasteiger partial charge in [0.15, 0.2) is 11.5 Å². The minimum atomic E-state index is -0.341. The fourth-order valence-electron chi connectivity index (χ4n) is 3.20. The number of amides is 2. The highest BCUT2D eigenvalue weighted by atomic mass is 16.7. The summed E-state index contributed by atoms with van der Waals surface area (Å²) in [6.07, 6.45) is 1.68. The van der Waals surface area contributed by atoms with E-state index >= 15 is 0 Å². The maximum absolute atomic E-state index is 12.6. The van der Waals surface area contributed by atoms with Gasteiger partial charge in [-0.15, -0.1) is 0 Å². The number of fused-ring (bicyclic) bond motifs is 2. The van der Waals surface area contributed by atoms with Gasteiger partial charge in [-0.25, -0.2) is 0 Å². The van der Waals surface area contributed by atoms with Crippen molar-refractivity contribution in [3.8, 4) is 11.5 Å². The molecule has 0 unspecified atom stereocenters. The standard InChI is InChI=1S/C19H18N2O4/c22-18(20-14-7-8-16-17(10-14)25-12-24-16)11-19(23)21-9-3-5-13-4-1-2-6-15(13)21/h1-2,4,6-8,10H,3,5,9,11-12H2,(H,20,22). The zero-order valence-electron chi connectivity index (χ0n) is 13.7. The van der Waals surface area contributed by atoms with Crippen molar-refractivity contribution in [1.82, 2.24) is 0 Å². The van der Waals surface area contributed by atoms with E-state index in [-0.39, 0.29) is 25.0 Å². The fourth-order valence-corrected chi connectivity index (χ4v) is 3.20. The van der Waals surface area contributed by atoms with Crippen LogP contribution in [-0.2, 0) is 16.0 Å². The second kappa shape index (κ2) is 6.47. The van der Waals surface area contributed by atoms with Crippen LogP contribution in [0.3, 0.4) is 0 Å². The fraction of sp³-hybridized carbons (Fsp3) is 0.263. The summed E-state index contributed by atoms with van der Waals surface area (Å²) in [5.74, 6) is 0.713. The molecule has 0 fully saturated rings. The second-order valence-corrected chi connectivity index (χ2v) is 6.07. The smallest absolute Gasteiger partial charge is 0.236 e. The molecule has 0 spiro atoms. The van der Waals surface area contributed by atoms with E-state index < -0.39 is 0 Å². The third-order valence-corrected chi connectivity index (χ3v) is 4.38. The Morgan fingerprint density at radius 2 is 1.92 bits per heavy atom. The topological polar surface area (TPSA) is 67.9 Å². The quantitative estimate of drug-likeness (QED) is 0.874. The first-order valence-electron chi connectivity index (χ1n) is 8.28. The summed E-state index contributed by atoms with van der Waals surface area (Å²) in [5.41, 5.74) is 2.65. The lowest BCUT2D eigenvalue weighted by Gasteiger charge is -2.29. The van der Waals surface area contributed by atoms with Gasteiger partial charge in [-0.3, -0.25) is 9.59 Å². The number of nitrogens with one attached hydrogen (secondary N) is 1. The zero-order valence-corrected chi connectivity index (χ0v) is 13.7. The van der Waals surface area contributed by atoms with E-state index in [1.807, 2.05) is 24.3 Å². The van der Waals surface area contributed by atoms with Gasteiger partial charge in [-0.1, -0.05) is 18.2 Å². The summed E-state index contributed by atoms with van der Waals surface area (Å²) in [6, 6.07) is 13.0. The highest BCUT2D eigenvalue weighted by Crippen LogP contribution is 2.34. The molecule has 0 radical (unpaired) electrons. The molecule has 2 aromatic rings. The summed E-state index contributed by atoms with van der Waals surface area (Å²) in [7, 11) is 0. The van der Waals surface area contributed by atoms with Crippen LogP contribution < -0.4 is 19.7 Å². The van der Waals surface area contributed by atoms with Gasteiger partial charge in [0.2, 0.25) is 18.6 Å². The van der Waals surface area contributed by atoms with Crippen LogP contribution in [-0.4, -0.2) is 25.2 Å². The van der Waals surface area contributed by atoms with Crippen LogP contribution in [0.4, 0.5) is 11.4 Å². The lowest BCUT2D eigenvalue weighted by atomic mass is 10.0. The van der Waals surface area contributed by atoms with Crippen molar-refractivity contribution in [2.45, 2.75) is 19.3 Å². The Morgan fingerprint density at radius 1 is 1.08 bits per heavy atom. The molecule has 2 aromatic carbocycles. The molecule has 0 aliphatic carbocycles. The molecule has 4 rings (SSSR count). The van der Waals surface area contributed by atoms with Crippen molar-refractivity contribution in [1.29, 1.82) is 0 Å². The normalized spacial score (nSPS) is 14.8. The SMILES string of the molecule is O=C(CC(=O)N1CCCc2ccccc21)Nc1ccc2c(c1)OCO2. The van der Waals surface area contributed by atoms with Gasteiger partial charge in [0.1, 0.15) is 6.42 Å². The van der Waals surface area contributed by atoms with E-state index in [2.05, 4.69) is 5.32 Å². The number of anilines is 2. The summed E-state index contributed by atoms with van der Waals surface area (Å²) >= 11 is 0. The molecule has 0 saturated heterocycles. The third kappa shape index (κ3) is 3.15. The number of nitrogens with zero attached hydrogens (tertiary/aromatic N) is 1. The number of benzene rings is 2. The van der Waals surface area contributed by atoms with Crippen molar-refractivity contribution < 1.29 is 19.1 Å². The molecule has 6 nitrogen and oxygen atoms in total. The lowest BCUT2D eigenvalue weighted by molar-refractivity contribution is -0.125. The Kier molecular flexibility index (Phi) is 4.01. The lowest BCUT2D eigenvalue weighted by Crippen LogP contribution is -2.37. The molecule has 0 aromatic heterocycles. The Balaban J connectivity index is 1.42. The van der Waals surface area contributed by atoms with Crippen LogP contribution in [0.5, 0.6) is 11.5 Å². The zero-order chi connectivity index (χ0) is 17.2. The minimum absolute atomic E-state index is 0.180. The van der Waals surface area contributed by atoms with E-state index in [9.17, 15) is 9.59 Å². The van der Waals surface area contributed by atoms with Gasteiger partial charge < -0.3 is 19.7 Å². The van der Waals surface area contributed by atoms with Gasteiger partial charge >= 0.3 is 0 Å². The number of para-hydroxylation sites is 1. The molecule has 0 atom stereocenters. The molecule has 2 aliphatic rings. The van der Waals surface area contributed by atoms with E-state index in [1.54, 1.807) is 23.1 Å². The van der Waals surface area contributed by atoms with Gasteiger partial charge in [-0.05, 0) is 36.6 Å². The van der Waals surface area contributed by atoms with E-state index in [0.29, 0.717) is 23.7 Å². The maximum atomic E-state index is 12.6. The van der Waals surface area contributed by atoms with Crippen molar-refractivity contribution in [2.24, 2.45) is 0 Å². The molecule has 2 heterocycles. The van der Waals surface area contributed by atoms with Crippen molar-refractivity contribution in [3.63, 3.8) is 0 Å². The number of hydrogen-bond acceptors (Lipinski definition) is 4. The van der Waals surface area contributed by atoms with Crippen molar-refractivity contribution >= 4 is 23.2 Å². The Bertz CT molecular complexity index is 834. The number of aryl methyl sites for hydroxylation is 1. The highest BCUT2D eigenvalue weighted by molar-refractivity contribution is 6.09. The molecule has 0 saturated carbocycles. The first kappa shape index (κ1) is 15.5. The van der Waals surface area contributed by atoms with Crippen LogP contribution in [0.2, 0.25) is 0 Å². The molecular weight excluding hydrogens is 320 g/mol. The summed E-state index contributed by atoms with van der Waals surface area (Å²) in [4.78, 5) is 26.5. The van der Waals surface area contributed by atoms with E-state index in [1.165, 1.54) is 0 Å². The number of ether oxygens (including phenoxy) is 2. The monoisotopic (exact) mass is 338 g/mol. The first-order chi connectivity index (χ1) is 12.2. The summed E-state index contributed by atoms with van der Waals surface area (Å²) < 4.78 is 10.5. The Morgan fingerprint density at radius 3 is 2.84 bits per heavy atom. The molecule has 128 valence electrons. The van der Waals surface area contributed by atoms with Gasteiger partial charge in [0.25, 0.3) is 0 Å². The summed E-state index contributed by atoms with van der Waals surface area (Å²) in [6.45, 7) is 0.826. The number of hydrogen-bond donors (Lipinski definition) is 1. The average Bonchev–Trinajstić information content (AvgIpc) is 3.08. The average molecular weight is 338 g/mol. The molecule has 2 aliphatic heterocycles. The maximum Gasteiger partial charge on any atom is 0.236 e.